The monoisotopic (exact) mass is 334 g/mol. The van der Waals surface area contributed by atoms with E-state index in [1.807, 2.05) is 6.07 Å². The van der Waals surface area contributed by atoms with Crippen LogP contribution in [0.25, 0.3) is 10.8 Å². The maximum Gasteiger partial charge on any atom is 0.267 e. The molecule has 0 aliphatic heterocycles. The summed E-state index contributed by atoms with van der Waals surface area (Å²) < 4.78 is 4.90. The van der Waals surface area contributed by atoms with Crippen molar-refractivity contribution in [3.8, 4) is 11.8 Å². The standard InChI is InChI=1S/C18H14N4O3/c1-11-8-17(22-25-11)20-10-12(9-19)18(24)21-15-6-2-5-14-13(15)4-3-7-16(14)23/h2-8,10,23H,1H3,(H,20,22)(H,21,24)/b12-10-. The predicted octanol–water partition coefficient (Wildman–Crippen LogP) is 3.30. The Morgan fingerprint density at radius 2 is 2.04 bits per heavy atom. The Morgan fingerprint density at radius 3 is 2.76 bits per heavy atom. The third-order valence-electron chi connectivity index (χ3n) is 3.50. The van der Waals surface area contributed by atoms with Gasteiger partial charge in [0.05, 0.1) is 0 Å². The van der Waals surface area contributed by atoms with Crippen molar-refractivity contribution in [2.75, 3.05) is 10.6 Å². The number of carbonyl (C=O) groups is 1. The van der Waals surface area contributed by atoms with E-state index in [0.29, 0.717) is 28.0 Å². The number of aromatic nitrogens is 1. The highest BCUT2D eigenvalue weighted by molar-refractivity contribution is 6.11. The second kappa shape index (κ2) is 6.76. The molecule has 0 saturated heterocycles. The van der Waals surface area contributed by atoms with Crippen LogP contribution in [0.1, 0.15) is 5.76 Å². The number of nitriles is 1. The minimum absolute atomic E-state index is 0.118. The van der Waals surface area contributed by atoms with Gasteiger partial charge >= 0.3 is 0 Å². The van der Waals surface area contributed by atoms with Crippen LogP contribution < -0.4 is 10.6 Å². The zero-order chi connectivity index (χ0) is 17.8. The largest absolute Gasteiger partial charge is 0.507 e. The molecule has 0 atom stereocenters. The first kappa shape index (κ1) is 16.1. The van der Waals surface area contributed by atoms with Gasteiger partial charge in [0.15, 0.2) is 5.82 Å². The summed E-state index contributed by atoms with van der Waals surface area (Å²) in [4.78, 5) is 12.4. The molecule has 2 aromatic carbocycles. The van der Waals surface area contributed by atoms with Crippen molar-refractivity contribution in [1.82, 2.24) is 5.16 Å². The molecule has 0 radical (unpaired) electrons. The smallest absolute Gasteiger partial charge is 0.267 e. The van der Waals surface area contributed by atoms with Crippen molar-refractivity contribution in [3.05, 3.63) is 60.0 Å². The molecule has 3 rings (SSSR count). The van der Waals surface area contributed by atoms with Crippen molar-refractivity contribution < 1.29 is 14.4 Å². The van der Waals surface area contributed by atoms with Crippen molar-refractivity contribution in [1.29, 1.82) is 5.26 Å². The summed E-state index contributed by atoms with van der Waals surface area (Å²) in [6.07, 6.45) is 1.26. The number of nitrogens with one attached hydrogen (secondary N) is 2. The fourth-order valence-electron chi connectivity index (χ4n) is 2.32. The number of amides is 1. The Hall–Kier alpha value is -3.79. The molecule has 0 bridgehead atoms. The molecule has 0 aliphatic carbocycles. The molecule has 7 nitrogen and oxygen atoms in total. The Labute approximate surface area is 143 Å². The molecule has 124 valence electrons. The number of benzene rings is 2. The molecule has 1 heterocycles. The lowest BCUT2D eigenvalue weighted by Crippen LogP contribution is -2.14. The molecular weight excluding hydrogens is 320 g/mol. The quantitative estimate of drug-likeness (QED) is 0.498. The zero-order valence-electron chi connectivity index (χ0n) is 13.3. The van der Waals surface area contributed by atoms with E-state index in [0.717, 1.165) is 0 Å². The van der Waals surface area contributed by atoms with Gasteiger partial charge in [-0.2, -0.15) is 5.26 Å². The van der Waals surface area contributed by atoms with E-state index in [4.69, 9.17) is 4.52 Å². The molecule has 0 aliphatic rings. The topological polar surface area (TPSA) is 111 Å². The molecule has 0 fully saturated rings. The lowest BCUT2D eigenvalue weighted by Gasteiger charge is -2.09. The number of hydrogen-bond acceptors (Lipinski definition) is 6. The number of aromatic hydroxyl groups is 1. The highest BCUT2D eigenvalue weighted by Crippen LogP contribution is 2.29. The summed E-state index contributed by atoms with van der Waals surface area (Å²) in [6.45, 7) is 1.73. The van der Waals surface area contributed by atoms with Crippen LogP contribution in [0.15, 0.2) is 58.8 Å². The normalized spacial score (nSPS) is 11.1. The van der Waals surface area contributed by atoms with E-state index in [9.17, 15) is 15.2 Å². The predicted molar refractivity (Wildman–Crippen MR) is 92.8 cm³/mol. The molecule has 0 saturated carbocycles. The van der Waals surface area contributed by atoms with Crippen LogP contribution >= 0.6 is 0 Å². The highest BCUT2D eigenvalue weighted by atomic mass is 16.5. The van der Waals surface area contributed by atoms with Crippen molar-refractivity contribution in [2.45, 2.75) is 6.92 Å². The Morgan fingerprint density at radius 1 is 1.28 bits per heavy atom. The summed E-state index contributed by atoms with van der Waals surface area (Å²) in [5.41, 5.74) is 0.370. The SMILES string of the molecule is Cc1cc(N/C=C(/C#N)C(=O)Nc2cccc3c(O)cccc23)no1. The Balaban J connectivity index is 1.83. The molecule has 25 heavy (non-hydrogen) atoms. The molecule has 0 unspecified atom stereocenters. The lowest BCUT2D eigenvalue weighted by atomic mass is 10.1. The van der Waals surface area contributed by atoms with Gasteiger partial charge in [0.25, 0.3) is 5.91 Å². The molecular formula is C18H14N4O3. The van der Waals surface area contributed by atoms with Crippen LogP contribution in [0, 0.1) is 18.3 Å². The molecule has 0 spiro atoms. The minimum Gasteiger partial charge on any atom is -0.507 e. The van der Waals surface area contributed by atoms with Crippen LogP contribution in [0.2, 0.25) is 0 Å². The number of nitrogens with zero attached hydrogens (tertiary/aromatic N) is 2. The van der Waals surface area contributed by atoms with Crippen LogP contribution in [0.4, 0.5) is 11.5 Å². The lowest BCUT2D eigenvalue weighted by molar-refractivity contribution is -0.112. The zero-order valence-corrected chi connectivity index (χ0v) is 13.3. The maximum absolute atomic E-state index is 12.4. The van der Waals surface area contributed by atoms with Gasteiger partial charge in [0.2, 0.25) is 0 Å². The van der Waals surface area contributed by atoms with Crippen molar-refractivity contribution in [2.24, 2.45) is 0 Å². The van der Waals surface area contributed by atoms with Crippen LogP contribution in [-0.2, 0) is 4.79 Å². The summed E-state index contributed by atoms with van der Waals surface area (Å²) in [6, 6.07) is 13.7. The van der Waals surface area contributed by atoms with Crippen LogP contribution in [0.5, 0.6) is 5.75 Å². The second-order valence-electron chi connectivity index (χ2n) is 5.27. The number of phenols is 1. The molecule has 3 aromatic rings. The van der Waals surface area contributed by atoms with Crippen molar-refractivity contribution >= 4 is 28.2 Å². The Kier molecular flexibility index (Phi) is 4.35. The molecule has 1 amide bonds. The van der Waals surface area contributed by atoms with Gasteiger partial charge in [-0.15, -0.1) is 0 Å². The minimum atomic E-state index is -0.578. The van der Waals surface area contributed by atoms with Crippen LogP contribution in [0.3, 0.4) is 0 Å². The molecule has 3 N–H and O–H groups in total. The highest BCUT2D eigenvalue weighted by Gasteiger charge is 2.12. The van der Waals surface area contributed by atoms with Gasteiger partial charge in [-0.25, -0.2) is 0 Å². The van der Waals surface area contributed by atoms with Crippen LogP contribution in [-0.4, -0.2) is 16.2 Å². The van der Waals surface area contributed by atoms with Gasteiger partial charge in [0.1, 0.15) is 23.2 Å². The van der Waals surface area contributed by atoms with E-state index in [1.54, 1.807) is 49.4 Å². The van der Waals surface area contributed by atoms with Crippen molar-refractivity contribution in [3.63, 3.8) is 0 Å². The number of carbonyl (C=O) groups excluding carboxylic acids is 1. The van der Waals surface area contributed by atoms with Gasteiger partial charge in [-0.3, -0.25) is 4.79 Å². The first-order chi connectivity index (χ1) is 12.1. The molecule has 7 heteroatoms. The van der Waals surface area contributed by atoms with E-state index in [2.05, 4.69) is 15.8 Å². The third kappa shape index (κ3) is 3.43. The average molecular weight is 334 g/mol. The average Bonchev–Trinajstić information content (AvgIpc) is 3.02. The number of phenolic OH excluding ortho intramolecular Hbond substituents is 1. The number of rotatable bonds is 4. The van der Waals surface area contributed by atoms with Gasteiger partial charge < -0.3 is 20.3 Å². The van der Waals surface area contributed by atoms with E-state index < -0.39 is 5.91 Å². The summed E-state index contributed by atoms with van der Waals surface area (Å²) in [5.74, 6) is 0.543. The summed E-state index contributed by atoms with van der Waals surface area (Å²) in [5, 5.41) is 29.5. The summed E-state index contributed by atoms with van der Waals surface area (Å²) in [7, 11) is 0. The fraction of sp³-hybridized carbons (Fsp3) is 0.0556. The van der Waals surface area contributed by atoms with Gasteiger partial charge in [-0.05, 0) is 19.1 Å². The number of hydrogen-bond donors (Lipinski definition) is 3. The van der Waals surface area contributed by atoms with Gasteiger partial charge in [-0.1, -0.05) is 29.4 Å². The number of aryl methyl sites for hydroxylation is 1. The van der Waals surface area contributed by atoms with E-state index in [-0.39, 0.29) is 11.3 Å². The number of fused-ring (bicyclic) bond motifs is 1. The fourth-order valence-corrected chi connectivity index (χ4v) is 2.32. The van der Waals surface area contributed by atoms with Gasteiger partial charge in [0, 0.05) is 28.7 Å². The second-order valence-corrected chi connectivity index (χ2v) is 5.27. The summed E-state index contributed by atoms with van der Waals surface area (Å²) >= 11 is 0. The number of anilines is 2. The van der Waals surface area contributed by atoms with E-state index >= 15 is 0 Å². The first-order valence-corrected chi connectivity index (χ1v) is 7.40. The Bertz CT molecular complexity index is 1010. The third-order valence-corrected chi connectivity index (χ3v) is 3.50. The van der Waals surface area contributed by atoms with E-state index in [1.165, 1.54) is 6.20 Å². The molecule has 1 aromatic heterocycles. The maximum atomic E-state index is 12.4. The first-order valence-electron chi connectivity index (χ1n) is 7.40.